The first kappa shape index (κ1) is 21.0. The van der Waals surface area contributed by atoms with Crippen LogP contribution in [-0.4, -0.2) is 38.8 Å². The minimum Gasteiger partial charge on any atom is -0.487 e. The second kappa shape index (κ2) is 8.57. The SMILES string of the molecule is CCc1c(OCc2ccccn2)ccc2c1C[C@H]1C(=O)N(C3CCCCC3)C(=O)N1[C@@H]2C. The Labute approximate surface area is 189 Å². The summed E-state index contributed by atoms with van der Waals surface area (Å²) in [6.45, 7) is 4.58. The molecule has 2 atom stereocenters. The molecule has 5 rings (SSSR count). The monoisotopic (exact) mass is 433 g/mol. The van der Waals surface area contributed by atoms with Crippen LogP contribution in [0.1, 0.15) is 74.4 Å². The maximum atomic E-state index is 13.4. The highest BCUT2D eigenvalue weighted by Gasteiger charge is 2.52. The lowest BCUT2D eigenvalue weighted by atomic mass is 9.85. The number of amides is 3. The molecule has 1 saturated heterocycles. The summed E-state index contributed by atoms with van der Waals surface area (Å²) in [5.41, 5.74) is 4.33. The molecule has 2 aliphatic heterocycles. The van der Waals surface area contributed by atoms with Crippen LogP contribution in [0, 0.1) is 0 Å². The van der Waals surface area contributed by atoms with E-state index in [0.717, 1.165) is 54.7 Å². The minimum atomic E-state index is -0.400. The van der Waals surface area contributed by atoms with E-state index in [9.17, 15) is 9.59 Å². The Balaban J connectivity index is 1.44. The lowest BCUT2D eigenvalue weighted by Gasteiger charge is -2.36. The van der Waals surface area contributed by atoms with Gasteiger partial charge in [0.05, 0.1) is 11.7 Å². The van der Waals surface area contributed by atoms with Crippen LogP contribution in [0.25, 0.3) is 0 Å². The summed E-state index contributed by atoms with van der Waals surface area (Å²) in [5.74, 6) is 0.833. The zero-order valence-electron chi connectivity index (χ0n) is 18.9. The summed E-state index contributed by atoms with van der Waals surface area (Å²) in [4.78, 5) is 34.5. The summed E-state index contributed by atoms with van der Waals surface area (Å²) >= 11 is 0. The van der Waals surface area contributed by atoms with Crippen molar-refractivity contribution < 1.29 is 14.3 Å². The highest BCUT2D eigenvalue weighted by Crippen LogP contribution is 2.43. The predicted octanol–water partition coefficient (Wildman–Crippen LogP) is 4.81. The van der Waals surface area contributed by atoms with Crippen LogP contribution in [0.2, 0.25) is 0 Å². The lowest BCUT2D eigenvalue weighted by molar-refractivity contribution is -0.130. The van der Waals surface area contributed by atoms with Crippen LogP contribution in [0.4, 0.5) is 4.79 Å². The van der Waals surface area contributed by atoms with E-state index in [1.165, 1.54) is 12.0 Å². The Hall–Kier alpha value is -2.89. The zero-order chi connectivity index (χ0) is 22.2. The van der Waals surface area contributed by atoms with Gasteiger partial charge in [-0.05, 0) is 61.1 Å². The summed E-state index contributed by atoms with van der Waals surface area (Å²) < 4.78 is 6.15. The summed E-state index contributed by atoms with van der Waals surface area (Å²) in [5, 5.41) is 0. The third kappa shape index (κ3) is 3.46. The van der Waals surface area contributed by atoms with Crippen molar-refractivity contribution in [1.29, 1.82) is 0 Å². The maximum Gasteiger partial charge on any atom is 0.328 e. The van der Waals surface area contributed by atoms with Crippen molar-refractivity contribution in [3.05, 3.63) is 58.9 Å². The molecule has 6 heteroatoms. The molecule has 3 heterocycles. The van der Waals surface area contributed by atoms with Crippen molar-refractivity contribution in [2.24, 2.45) is 0 Å². The number of hydrogen-bond donors (Lipinski definition) is 0. The number of carbonyl (C=O) groups excluding carboxylic acids is 2. The second-order valence-electron chi connectivity index (χ2n) is 9.16. The fraction of sp³-hybridized carbons (Fsp3) is 0.500. The number of imide groups is 1. The summed E-state index contributed by atoms with van der Waals surface area (Å²) in [6.07, 6.45) is 8.41. The molecule has 1 saturated carbocycles. The molecule has 0 unspecified atom stereocenters. The molecule has 2 aromatic rings. The van der Waals surface area contributed by atoms with Crippen LogP contribution in [0.15, 0.2) is 36.5 Å². The number of rotatable bonds is 5. The van der Waals surface area contributed by atoms with Crippen molar-refractivity contribution in [3.8, 4) is 5.75 Å². The minimum absolute atomic E-state index is 0.0127. The van der Waals surface area contributed by atoms with Gasteiger partial charge in [0.25, 0.3) is 5.91 Å². The molecule has 6 nitrogen and oxygen atoms in total. The highest BCUT2D eigenvalue weighted by molar-refractivity contribution is 6.05. The predicted molar refractivity (Wildman–Crippen MR) is 121 cm³/mol. The van der Waals surface area contributed by atoms with E-state index >= 15 is 0 Å². The van der Waals surface area contributed by atoms with Gasteiger partial charge in [-0.1, -0.05) is 38.3 Å². The molecule has 3 amide bonds. The standard InChI is InChI=1S/C26H31N3O3/c1-3-20-22-15-23-25(30)29(19-10-5-4-6-11-19)26(31)28(23)17(2)21(22)12-13-24(20)32-16-18-9-7-8-14-27-18/h7-9,12-14,17,19,23H,3-6,10-11,15-16H2,1-2H3/t17-,23+/m1/s1. The molecule has 0 bridgehead atoms. The Kier molecular flexibility index (Phi) is 5.62. The van der Waals surface area contributed by atoms with E-state index < -0.39 is 6.04 Å². The Morgan fingerprint density at radius 1 is 1.09 bits per heavy atom. The van der Waals surface area contributed by atoms with Crippen molar-refractivity contribution in [2.75, 3.05) is 0 Å². The number of pyridine rings is 1. The van der Waals surface area contributed by atoms with Gasteiger partial charge < -0.3 is 9.64 Å². The molecule has 0 radical (unpaired) electrons. The van der Waals surface area contributed by atoms with Crippen LogP contribution >= 0.6 is 0 Å². The maximum absolute atomic E-state index is 13.4. The lowest BCUT2D eigenvalue weighted by Crippen LogP contribution is -2.43. The van der Waals surface area contributed by atoms with Crippen LogP contribution < -0.4 is 4.74 Å². The zero-order valence-corrected chi connectivity index (χ0v) is 18.9. The van der Waals surface area contributed by atoms with E-state index in [2.05, 4.69) is 24.9 Å². The van der Waals surface area contributed by atoms with E-state index in [1.807, 2.05) is 29.2 Å². The third-order valence-electron chi connectivity index (χ3n) is 7.37. The quantitative estimate of drug-likeness (QED) is 0.635. The molecule has 0 spiro atoms. The second-order valence-corrected chi connectivity index (χ2v) is 9.16. The van der Waals surface area contributed by atoms with Crippen molar-refractivity contribution in [3.63, 3.8) is 0 Å². The first-order valence-electron chi connectivity index (χ1n) is 11.9. The van der Waals surface area contributed by atoms with Crippen molar-refractivity contribution in [1.82, 2.24) is 14.8 Å². The van der Waals surface area contributed by atoms with Gasteiger partial charge in [-0.3, -0.25) is 14.7 Å². The molecular formula is C26H31N3O3. The normalized spacial score (nSPS) is 23.3. The number of benzene rings is 1. The topological polar surface area (TPSA) is 62.7 Å². The van der Waals surface area contributed by atoms with E-state index in [1.54, 1.807) is 11.1 Å². The number of aromatic nitrogens is 1. The van der Waals surface area contributed by atoms with Gasteiger partial charge in [-0.2, -0.15) is 0 Å². The average Bonchev–Trinajstić information content (AvgIpc) is 3.08. The smallest absolute Gasteiger partial charge is 0.328 e. The number of carbonyl (C=O) groups is 2. The molecule has 32 heavy (non-hydrogen) atoms. The van der Waals surface area contributed by atoms with E-state index in [-0.39, 0.29) is 24.0 Å². The average molecular weight is 434 g/mol. The van der Waals surface area contributed by atoms with Gasteiger partial charge in [0.15, 0.2) is 0 Å². The molecule has 1 aliphatic carbocycles. The number of hydrogen-bond acceptors (Lipinski definition) is 4. The molecule has 168 valence electrons. The van der Waals surface area contributed by atoms with Crippen molar-refractivity contribution in [2.45, 2.75) is 83.5 Å². The Morgan fingerprint density at radius 3 is 2.62 bits per heavy atom. The number of nitrogens with zero attached hydrogens (tertiary/aromatic N) is 3. The highest BCUT2D eigenvalue weighted by atomic mass is 16.5. The Bertz CT molecular complexity index is 1020. The van der Waals surface area contributed by atoms with Gasteiger partial charge in [0, 0.05) is 18.7 Å². The Morgan fingerprint density at radius 2 is 1.91 bits per heavy atom. The van der Waals surface area contributed by atoms with Crippen LogP contribution in [0.3, 0.4) is 0 Å². The fourth-order valence-electron chi connectivity index (χ4n) is 5.75. The van der Waals surface area contributed by atoms with Gasteiger partial charge in [-0.25, -0.2) is 4.79 Å². The molecule has 0 N–H and O–H groups in total. The molecule has 1 aromatic heterocycles. The van der Waals surface area contributed by atoms with Crippen LogP contribution in [-0.2, 0) is 24.2 Å². The van der Waals surface area contributed by atoms with Crippen molar-refractivity contribution >= 4 is 11.9 Å². The van der Waals surface area contributed by atoms with Crippen LogP contribution in [0.5, 0.6) is 5.75 Å². The van der Waals surface area contributed by atoms with Gasteiger partial charge in [0.2, 0.25) is 0 Å². The molecule has 2 fully saturated rings. The van der Waals surface area contributed by atoms with Gasteiger partial charge in [-0.15, -0.1) is 0 Å². The number of urea groups is 1. The summed E-state index contributed by atoms with van der Waals surface area (Å²) in [6, 6.07) is 9.33. The fourth-order valence-corrected chi connectivity index (χ4v) is 5.75. The number of ether oxygens (including phenoxy) is 1. The van der Waals surface area contributed by atoms with Gasteiger partial charge >= 0.3 is 6.03 Å². The largest absolute Gasteiger partial charge is 0.487 e. The molecular weight excluding hydrogens is 402 g/mol. The van der Waals surface area contributed by atoms with Gasteiger partial charge in [0.1, 0.15) is 18.4 Å². The first-order valence-corrected chi connectivity index (χ1v) is 11.9. The molecule has 3 aliphatic rings. The van der Waals surface area contributed by atoms with E-state index in [4.69, 9.17) is 4.74 Å². The van der Waals surface area contributed by atoms with E-state index in [0.29, 0.717) is 13.0 Å². The summed E-state index contributed by atoms with van der Waals surface area (Å²) in [7, 11) is 0. The third-order valence-corrected chi connectivity index (χ3v) is 7.37. The number of fused-ring (bicyclic) bond motifs is 2. The molecule has 1 aromatic carbocycles. The first-order chi connectivity index (χ1) is 15.6.